The van der Waals surface area contributed by atoms with E-state index in [9.17, 15) is 0 Å². The number of pyridine rings is 1. The molecule has 0 amide bonds. The van der Waals surface area contributed by atoms with Crippen molar-refractivity contribution in [1.82, 2.24) is 4.98 Å². The van der Waals surface area contributed by atoms with Crippen LogP contribution >= 0.6 is 15.9 Å². The van der Waals surface area contributed by atoms with Gasteiger partial charge in [-0.2, -0.15) is 0 Å². The van der Waals surface area contributed by atoms with Gasteiger partial charge < -0.3 is 10.1 Å². The third-order valence-electron chi connectivity index (χ3n) is 3.46. The minimum atomic E-state index is 0.268. The lowest BCUT2D eigenvalue weighted by molar-refractivity contribution is 0.316. The van der Waals surface area contributed by atoms with Crippen molar-refractivity contribution in [2.45, 2.75) is 25.8 Å². The van der Waals surface area contributed by atoms with Gasteiger partial charge in [0, 0.05) is 22.4 Å². The van der Waals surface area contributed by atoms with Crippen LogP contribution in [0, 0.1) is 6.92 Å². The second-order valence-corrected chi connectivity index (χ2v) is 6.04. The van der Waals surface area contributed by atoms with Crippen LogP contribution in [0.5, 0.6) is 5.75 Å². The van der Waals surface area contributed by atoms with E-state index in [1.54, 1.807) is 0 Å². The quantitative estimate of drug-likeness (QED) is 0.880. The number of fused-ring (bicyclic) bond motifs is 1. The van der Waals surface area contributed by atoms with E-state index >= 15 is 0 Å². The molecule has 1 aromatic carbocycles. The molecule has 0 saturated carbocycles. The van der Waals surface area contributed by atoms with Gasteiger partial charge in [0.1, 0.15) is 5.75 Å². The molecule has 3 rings (SSSR count). The lowest BCUT2D eigenvalue weighted by Crippen LogP contribution is -2.10. The van der Waals surface area contributed by atoms with Gasteiger partial charge in [-0.25, -0.2) is 0 Å². The van der Waals surface area contributed by atoms with Crippen LogP contribution in [0.15, 0.2) is 41.1 Å². The molecule has 0 saturated heterocycles. The number of anilines is 1. The predicted molar refractivity (Wildman–Crippen MR) is 84.2 cm³/mol. The maximum absolute atomic E-state index is 5.84. The number of nitrogens with zero attached hydrogens (tertiary/aromatic N) is 1. The Balaban J connectivity index is 1.90. The fourth-order valence-electron chi connectivity index (χ4n) is 2.53. The monoisotopic (exact) mass is 332 g/mol. The summed E-state index contributed by atoms with van der Waals surface area (Å²) in [5.41, 5.74) is 3.44. The van der Waals surface area contributed by atoms with E-state index in [-0.39, 0.29) is 6.04 Å². The molecule has 4 heteroatoms. The van der Waals surface area contributed by atoms with Crippen molar-refractivity contribution in [2.24, 2.45) is 0 Å². The first kappa shape index (κ1) is 13.4. The largest absolute Gasteiger partial charge is 0.493 e. The third-order valence-corrected chi connectivity index (χ3v) is 3.95. The van der Waals surface area contributed by atoms with Gasteiger partial charge in [0.2, 0.25) is 0 Å². The third kappa shape index (κ3) is 2.96. The molecule has 1 aliphatic heterocycles. The normalized spacial score (nSPS) is 17.8. The number of hydrogen-bond donors (Lipinski definition) is 1. The first-order chi connectivity index (χ1) is 9.72. The van der Waals surface area contributed by atoms with Gasteiger partial charge in [0.25, 0.3) is 0 Å². The van der Waals surface area contributed by atoms with Crippen LogP contribution in [0.3, 0.4) is 0 Å². The predicted octanol–water partition coefficient (Wildman–Crippen LogP) is 4.48. The van der Waals surface area contributed by atoms with Gasteiger partial charge >= 0.3 is 0 Å². The van der Waals surface area contributed by atoms with Crippen LogP contribution in [-0.4, -0.2) is 11.6 Å². The highest BCUT2D eigenvalue weighted by Crippen LogP contribution is 2.35. The average molecular weight is 333 g/mol. The van der Waals surface area contributed by atoms with Gasteiger partial charge in [-0.3, -0.25) is 4.98 Å². The summed E-state index contributed by atoms with van der Waals surface area (Å²) in [6.45, 7) is 2.83. The highest BCUT2D eigenvalue weighted by Gasteiger charge is 2.20. The molecule has 0 aliphatic carbocycles. The molecule has 2 aromatic rings. The average Bonchev–Trinajstić information content (AvgIpc) is 2.61. The Morgan fingerprint density at radius 3 is 3.05 bits per heavy atom. The molecule has 104 valence electrons. The maximum atomic E-state index is 5.84. The van der Waals surface area contributed by atoms with Crippen LogP contribution in [0.4, 0.5) is 5.69 Å². The van der Waals surface area contributed by atoms with E-state index in [2.05, 4.69) is 51.4 Å². The second kappa shape index (κ2) is 5.83. The molecule has 0 radical (unpaired) electrons. The first-order valence-corrected chi connectivity index (χ1v) is 7.62. The summed E-state index contributed by atoms with van der Waals surface area (Å²) in [4.78, 5) is 4.24. The van der Waals surface area contributed by atoms with E-state index in [0.29, 0.717) is 0 Å². The zero-order chi connectivity index (χ0) is 13.9. The Kier molecular flexibility index (Phi) is 3.92. The summed E-state index contributed by atoms with van der Waals surface area (Å²) in [5.74, 6) is 0.968. The molecular weight excluding hydrogens is 316 g/mol. The first-order valence-electron chi connectivity index (χ1n) is 6.83. The van der Waals surface area contributed by atoms with Gasteiger partial charge in [-0.15, -0.1) is 0 Å². The lowest BCUT2D eigenvalue weighted by atomic mass is 10.0. The Morgan fingerprint density at radius 2 is 2.20 bits per heavy atom. The number of aryl methyl sites for hydroxylation is 1. The number of aromatic nitrogens is 1. The Hall–Kier alpha value is -1.55. The van der Waals surface area contributed by atoms with Gasteiger partial charge in [-0.05, 0) is 43.5 Å². The number of ether oxygens (including phenoxy) is 1. The molecule has 1 N–H and O–H groups in total. The molecule has 1 unspecified atom stereocenters. The highest BCUT2D eigenvalue weighted by atomic mass is 79.9. The van der Waals surface area contributed by atoms with Crippen molar-refractivity contribution in [2.75, 3.05) is 11.9 Å². The van der Waals surface area contributed by atoms with E-state index in [1.807, 2.05) is 18.5 Å². The zero-order valence-corrected chi connectivity index (χ0v) is 13.0. The van der Waals surface area contributed by atoms with Crippen LogP contribution < -0.4 is 10.1 Å². The van der Waals surface area contributed by atoms with E-state index in [0.717, 1.165) is 40.9 Å². The zero-order valence-electron chi connectivity index (χ0n) is 11.4. The molecule has 0 bridgehead atoms. The highest BCUT2D eigenvalue weighted by molar-refractivity contribution is 9.10. The van der Waals surface area contributed by atoms with Crippen molar-refractivity contribution in [1.29, 1.82) is 0 Å². The Bertz CT molecular complexity index is 615. The summed E-state index contributed by atoms with van der Waals surface area (Å²) in [5, 5.41) is 3.58. The van der Waals surface area contributed by atoms with Gasteiger partial charge in [0.05, 0.1) is 18.3 Å². The van der Waals surface area contributed by atoms with E-state index < -0.39 is 0 Å². The molecule has 0 spiro atoms. The fraction of sp³-hybridized carbons (Fsp3) is 0.312. The standard InChI is InChI=1S/C16H17BrN2O/c1-11-7-13(10-18-9-11)19-15-3-2-6-20-16-8-12(17)4-5-14(15)16/h4-5,7-10,15,19H,2-3,6H2,1H3. The Morgan fingerprint density at radius 1 is 1.30 bits per heavy atom. The number of benzene rings is 1. The maximum Gasteiger partial charge on any atom is 0.125 e. The minimum Gasteiger partial charge on any atom is -0.493 e. The summed E-state index contributed by atoms with van der Waals surface area (Å²) in [6.07, 6.45) is 5.84. The molecule has 0 fully saturated rings. The molecule has 1 aromatic heterocycles. The van der Waals surface area contributed by atoms with Crippen LogP contribution in [0.25, 0.3) is 0 Å². The summed E-state index contributed by atoms with van der Waals surface area (Å²) in [6, 6.07) is 8.63. The lowest BCUT2D eigenvalue weighted by Gasteiger charge is -2.19. The van der Waals surface area contributed by atoms with Crippen LogP contribution in [-0.2, 0) is 0 Å². The topological polar surface area (TPSA) is 34.2 Å². The fourth-order valence-corrected chi connectivity index (χ4v) is 2.87. The second-order valence-electron chi connectivity index (χ2n) is 5.12. The molecule has 3 nitrogen and oxygen atoms in total. The minimum absolute atomic E-state index is 0.268. The summed E-state index contributed by atoms with van der Waals surface area (Å²) in [7, 11) is 0. The molecule has 1 aliphatic rings. The molecule has 20 heavy (non-hydrogen) atoms. The molecule has 1 atom stereocenters. The van der Waals surface area contributed by atoms with Crippen molar-refractivity contribution < 1.29 is 4.74 Å². The number of nitrogens with one attached hydrogen (secondary N) is 1. The summed E-state index contributed by atoms with van der Waals surface area (Å²) >= 11 is 3.50. The number of rotatable bonds is 2. The number of halogens is 1. The molecular formula is C16H17BrN2O. The van der Waals surface area contributed by atoms with Crippen molar-refractivity contribution >= 4 is 21.6 Å². The van der Waals surface area contributed by atoms with E-state index in [4.69, 9.17) is 4.74 Å². The number of hydrogen-bond acceptors (Lipinski definition) is 3. The Labute approximate surface area is 127 Å². The van der Waals surface area contributed by atoms with Crippen molar-refractivity contribution in [3.05, 3.63) is 52.3 Å². The summed E-state index contributed by atoms with van der Waals surface area (Å²) < 4.78 is 6.89. The van der Waals surface area contributed by atoms with Crippen molar-refractivity contribution in [3.63, 3.8) is 0 Å². The van der Waals surface area contributed by atoms with Gasteiger partial charge in [-0.1, -0.05) is 22.0 Å². The smallest absolute Gasteiger partial charge is 0.125 e. The van der Waals surface area contributed by atoms with Crippen molar-refractivity contribution in [3.8, 4) is 5.75 Å². The van der Waals surface area contributed by atoms with Crippen LogP contribution in [0.1, 0.15) is 30.0 Å². The van der Waals surface area contributed by atoms with E-state index in [1.165, 1.54) is 5.56 Å². The molecule has 2 heterocycles. The SMILES string of the molecule is Cc1cncc(NC2CCCOc3cc(Br)ccc32)c1. The van der Waals surface area contributed by atoms with Gasteiger partial charge in [0.15, 0.2) is 0 Å². The van der Waals surface area contributed by atoms with Crippen LogP contribution in [0.2, 0.25) is 0 Å².